The zero-order valence-electron chi connectivity index (χ0n) is 15.6. The summed E-state index contributed by atoms with van der Waals surface area (Å²) in [5.41, 5.74) is 1.08. The normalized spacial score (nSPS) is 19.9. The summed E-state index contributed by atoms with van der Waals surface area (Å²) in [7, 11) is 3.44. The fourth-order valence-corrected chi connectivity index (χ4v) is 3.55. The molecule has 2 aliphatic rings. The van der Waals surface area contributed by atoms with E-state index >= 15 is 0 Å². The zero-order valence-corrected chi connectivity index (χ0v) is 15.6. The number of imide groups is 1. The van der Waals surface area contributed by atoms with Crippen LogP contribution in [0.2, 0.25) is 0 Å². The predicted molar refractivity (Wildman–Crippen MR) is 97.7 cm³/mol. The molecule has 1 aromatic rings. The van der Waals surface area contributed by atoms with E-state index < -0.39 is 6.03 Å². The van der Waals surface area contributed by atoms with Crippen LogP contribution in [-0.4, -0.2) is 72.2 Å². The number of nitrogens with one attached hydrogen (secondary N) is 1. The van der Waals surface area contributed by atoms with E-state index in [0.717, 1.165) is 17.7 Å². The molecule has 0 unspecified atom stereocenters. The highest BCUT2D eigenvalue weighted by atomic mass is 16.2. The van der Waals surface area contributed by atoms with Gasteiger partial charge in [0.05, 0.1) is 19.0 Å². The number of benzene rings is 1. The smallest absolute Gasteiger partial charge is 0.324 e. The van der Waals surface area contributed by atoms with Crippen molar-refractivity contribution in [3.63, 3.8) is 0 Å². The van der Waals surface area contributed by atoms with E-state index in [1.165, 1.54) is 0 Å². The van der Waals surface area contributed by atoms with E-state index in [0.29, 0.717) is 24.2 Å². The molecule has 1 aromatic carbocycles. The van der Waals surface area contributed by atoms with Crippen LogP contribution in [0, 0.1) is 5.92 Å². The first-order valence-electron chi connectivity index (χ1n) is 9.05. The first-order valence-corrected chi connectivity index (χ1v) is 9.05. The molecular formula is C19H24N4O4. The Morgan fingerprint density at radius 1 is 1.22 bits per heavy atom. The molecule has 27 heavy (non-hydrogen) atoms. The van der Waals surface area contributed by atoms with E-state index in [1.54, 1.807) is 48.2 Å². The van der Waals surface area contributed by atoms with Crippen LogP contribution in [0.1, 0.15) is 28.8 Å². The Balaban J connectivity index is 1.78. The SMILES string of the molecule is CN(C)C(=O)[C@H]1CCCN(C(=O)c2ccccc2CN2C(=O)CNC2=O)C1. The van der Waals surface area contributed by atoms with Crippen LogP contribution >= 0.6 is 0 Å². The Morgan fingerprint density at radius 2 is 1.96 bits per heavy atom. The van der Waals surface area contributed by atoms with Crippen LogP contribution in [-0.2, 0) is 16.1 Å². The molecule has 3 rings (SSSR count). The number of carbonyl (C=O) groups is 4. The molecule has 0 spiro atoms. The van der Waals surface area contributed by atoms with Crippen molar-refractivity contribution in [2.24, 2.45) is 5.92 Å². The molecule has 2 fully saturated rings. The lowest BCUT2D eigenvalue weighted by atomic mass is 9.95. The number of piperidine rings is 1. The van der Waals surface area contributed by atoms with Crippen molar-refractivity contribution >= 4 is 23.8 Å². The Bertz CT molecular complexity index is 761. The van der Waals surface area contributed by atoms with E-state index in [4.69, 9.17) is 0 Å². The summed E-state index contributed by atoms with van der Waals surface area (Å²) in [5, 5.41) is 2.48. The maximum absolute atomic E-state index is 13.1. The number of likely N-dealkylation sites (tertiary alicyclic amines) is 1. The summed E-state index contributed by atoms with van der Waals surface area (Å²) in [6.45, 7) is 1.01. The molecule has 1 N–H and O–H groups in total. The van der Waals surface area contributed by atoms with Gasteiger partial charge in [-0.25, -0.2) is 4.79 Å². The quantitative estimate of drug-likeness (QED) is 0.787. The molecule has 5 amide bonds. The van der Waals surface area contributed by atoms with Gasteiger partial charge >= 0.3 is 6.03 Å². The van der Waals surface area contributed by atoms with Crippen LogP contribution in [0.5, 0.6) is 0 Å². The second-order valence-corrected chi connectivity index (χ2v) is 7.12. The monoisotopic (exact) mass is 372 g/mol. The summed E-state index contributed by atoms with van der Waals surface area (Å²) >= 11 is 0. The molecule has 144 valence electrons. The zero-order chi connectivity index (χ0) is 19.6. The molecule has 2 saturated heterocycles. The number of urea groups is 1. The largest absolute Gasteiger partial charge is 0.349 e. The standard InChI is InChI=1S/C19H24N4O4/c1-21(2)17(25)14-7-5-9-22(11-14)18(26)15-8-4-3-6-13(15)12-23-16(24)10-20-19(23)27/h3-4,6,8,14H,5,7,9-12H2,1-2H3,(H,20,27)/t14-/m0/s1. The van der Waals surface area contributed by atoms with Gasteiger partial charge in [0.25, 0.3) is 5.91 Å². The van der Waals surface area contributed by atoms with Crippen LogP contribution < -0.4 is 5.32 Å². The maximum Gasteiger partial charge on any atom is 0.324 e. The van der Waals surface area contributed by atoms with Crippen LogP contribution in [0.25, 0.3) is 0 Å². The summed E-state index contributed by atoms with van der Waals surface area (Å²) < 4.78 is 0. The fraction of sp³-hybridized carbons (Fsp3) is 0.474. The van der Waals surface area contributed by atoms with Gasteiger partial charge < -0.3 is 15.1 Å². The Morgan fingerprint density at radius 3 is 2.63 bits per heavy atom. The minimum absolute atomic E-state index is 0.0185. The van der Waals surface area contributed by atoms with Gasteiger partial charge in [-0.1, -0.05) is 18.2 Å². The average Bonchev–Trinajstić information content (AvgIpc) is 2.99. The third-order valence-corrected chi connectivity index (χ3v) is 5.01. The van der Waals surface area contributed by atoms with Crippen molar-refractivity contribution in [1.82, 2.24) is 20.0 Å². The van der Waals surface area contributed by atoms with Crippen molar-refractivity contribution in [3.8, 4) is 0 Å². The first-order chi connectivity index (χ1) is 12.9. The average molecular weight is 372 g/mol. The van der Waals surface area contributed by atoms with Crippen molar-refractivity contribution < 1.29 is 19.2 Å². The second-order valence-electron chi connectivity index (χ2n) is 7.12. The van der Waals surface area contributed by atoms with Gasteiger partial charge in [-0.05, 0) is 24.5 Å². The van der Waals surface area contributed by atoms with Crippen molar-refractivity contribution in [3.05, 3.63) is 35.4 Å². The van der Waals surface area contributed by atoms with Crippen molar-refractivity contribution in [1.29, 1.82) is 0 Å². The van der Waals surface area contributed by atoms with Crippen molar-refractivity contribution in [2.45, 2.75) is 19.4 Å². The number of rotatable bonds is 4. The lowest BCUT2D eigenvalue weighted by Crippen LogP contribution is -2.45. The minimum atomic E-state index is -0.447. The summed E-state index contributed by atoms with van der Waals surface area (Å²) in [5.74, 6) is -0.651. The Labute approximate surface area is 158 Å². The molecule has 0 saturated carbocycles. The molecule has 8 nitrogen and oxygen atoms in total. The molecule has 1 atom stereocenters. The van der Waals surface area contributed by atoms with Gasteiger partial charge in [-0.15, -0.1) is 0 Å². The van der Waals surface area contributed by atoms with Crippen LogP contribution in [0.4, 0.5) is 4.79 Å². The highest BCUT2D eigenvalue weighted by molar-refractivity contribution is 6.02. The molecule has 8 heteroatoms. The summed E-state index contributed by atoms with van der Waals surface area (Å²) in [6, 6.07) is 6.54. The van der Waals surface area contributed by atoms with Gasteiger partial charge in [0.1, 0.15) is 0 Å². The summed E-state index contributed by atoms with van der Waals surface area (Å²) in [6.07, 6.45) is 1.54. The van der Waals surface area contributed by atoms with Gasteiger partial charge in [0.2, 0.25) is 11.8 Å². The lowest BCUT2D eigenvalue weighted by Gasteiger charge is -2.33. The first kappa shape index (κ1) is 18.9. The highest BCUT2D eigenvalue weighted by Gasteiger charge is 2.32. The maximum atomic E-state index is 13.1. The lowest BCUT2D eigenvalue weighted by molar-refractivity contribution is -0.134. The number of carbonyl (C=O) groups excluding carboxylic acids is 4. The van der Waals surface area contributed by atoms with E-state index in [-0.39, 0.29) is 36.7 Å². The van der Waals surface area contributed by atoms with Crippen molar-refractivity contribution in [2.75, 3.05) is 33.7 Å². The van der Waals surface area contributed by atoms with E-state index in [1.807, 2.05) is 0 Å². The fourth-order valence-electron chi connectivity index (χ4n) is 3.55. The summed E-state index contributed by atoms with van der Waals surface area (Å²) in [4.78, 5) is 53.4. The van der Waals surface area contributed by atoms with Gasteiger partial charge in [-0.3, -0.25) is 19.3 Å². The third-order valence-electron chi connectivity index (χ3n) is 5.01. The number of amides is 5. The van der Waals surface area contributed by atoms with Gasteiger partial charge in [0.15, 0.2) is 0 Å². The predicted octanol–water partition coefficient (Wildman–Crippen LogP) is 0.679. The van der Waals surface area contributed by atoms with Gasteiger partial charge in [-0.2, -0.15) is 0 Å². The minimum Gasteiger partial charge on any atom is -0.349 e. The molecule has 0 aromatic heterocycles. The number of hydrogen-bond acceptors (Lipinski definition) is 4. The topological polar surface area (TPSA) is 90.0 Å². The highest BCUT2D eigenvalue weighted by Crippen LogP contribution is 2.22. The Hall–Kier alpha value is -2.90. The molecule has 0 bridgehead atoms. The molecule has 2 aliphatic heterocycles. The third kappa shape index (κ3) is 3.94. The van der Waals surface area contributed by atoms with Gasteiger partial charge in [0, 0.05) is 32.7 Å². The number of hydrogen-bond donors (Lipinski definition) is 1. The Kier molecular flexibility index (Phi) is 5.43. The number of nitrogens with zero attached hydrogens (tertiary/aromatic N) is 3. The second kappa shape index (κ2) is 7.77. The van der Waals surface area contributed by atoms with E-state index in [2.05, 4.69) is 5.32 Å². The van der Waals surface area contributed by atoms with Crippen LogP contribution in [0.3, 0.4) is 0 Å². The van der Waals surface area contributed by atoms with Crippen LogP contribution in [0.15, 0.2) is 24.3 Å². The van der Waals surface area contributed by atoms with E-state index in [9.17, 15) is 19.2 Å². The molecular weight excluding hydrogens is 348 g/mol. The molecule has 2 heterocycles. The molecule has 0 aliphatic carbocycles. The molecule has 0 radical (unpaired) electrons.